The third-order valence-corrected chi connectivity index (χ3v) is 3.88. The van der Waals surface area contributed by atoms with E-state index in [1.165, 1.54) is 19.4 Å². The maximum absolute atomic E-state index is 11.7. The largest absolute Gasteiger partial charge is 0.341 e. The Hall–Kier alpha value is -0.610. The number of carbonyl (C=O) groups is 1. The average Bonchev–Trinajstić information content (AvgIpc) is 3.13. The van der Waals surface area contributed by atoms with Crippen molar-refractivity contribution >= 4 is 5.91 Å². The fourth-order valence-corrected chi connectivity index (χ4v) is 2.46. The van der Waals surface area contributed by atoms with E-state index in [0.29, 0.717) is 0 Å². The minimum atomic E-state index is -0.348. The number of carbonyl (C=O) groups excluding carboxylic acids is 1. The highest BCUT2D eigenvalue weighted by molar-refractivity contribution is 5.81. The molecule has 1 heterocycles. The summed E-state index contributed by atoms with van der Waals surface area (Å²) >= 11 is 0. The van der Waals surface area contributed by atoms with Crippen LogP contribution in [0.2, 0.25) is 0 Å². The fourth-order valence-electron chi connectivity index (χ4n) is 2.46. The molecule has 17 heavy (non-hydrogen) atoms. The monoisotopic (exact) mass is 239 g/mol. The molecule has 0 bridgehead atoms. The SMILES string of the molecule is C[C@H](N)C(=O)N1CCC(CNCC2CC2)CC1. The summed E-state index contributed by atoms with van der Waals surface area (Å²) in [6.07, 6.45) is 5.06. The first-order chi connectivity index (χ1) is 8.16. The number of hydrogen-bond donors (Lipinski definition) is 2. The van der Waals surface area contributed by atoms with E-state index < -0.39 is 0 Å². The molecule has 4 heteroatoms. The Morgan fingerprint density at radius 3 is 2.24 bits per heavy atom. The highest BCUT2D eigenvalue weighted by atomic mass is 16.2. The topological polar surface area (TPSA) is 58.4 Å². The summed E-state index contributed by atoms with van der Waals surface area (Å²) in [7, 11) is 0. The van der Waals surface area contributed by atoms with Crippen molar-refractivity contribution in [3.05, 3.63) is 0 Å². The molecule has 2 aliphatic rings. The van der Waals surface area contributed by atoms with Gasteiger partial charge in [-0.2, -0.15) is 0 Å². The smallest absolute Gasteiger partial charge is 0.239 e. The summed E-state index contributed by atoms with van der Waals surface area (Å²) in [5, 5.41) is 3.56. The van der Waals surface area contributed by atoms with Crippen molar-refractivity contribution in [2.45, 2.75) is 38.6 Å². The van der Waals surface area contributed by atoms with E-state index in [-0.39, 0.29) is 11.9 Å². The molecule has 1 amide bonds. The lowest BCUT2D eigenvalue weighted by Crippen LogP contribution is -2.47. The lowest BCUT2D eigenvalue weighted by molar-refractivity contribution is -0.133. The molecule has 1 aliphatic heterocycles. The summed E-state index contributed by atoms with van der Waals surface area (Å²) in [5.74, 6) is 1.80. The van der Waals surface area contributed by atoms with Gasteiger partial charge < -0.3 is 16.0 Å². The van der Waals surface area contributed by atoms with E-state index in [4.69, 9.17) is 5.73 Å². The lowest BCUT2D eigenvalue weighted by Gasteiger charge is -2.33. The molecule has 2 rings (SSSR count). The molecule has 0 spiro atoms. The van der Waals surface area contributed by atoms with Crippen molar-refractivity contribution in [2.75, 3.05) is 26.2 Å². The van der Waals surface area contributed by atoms with Gasteiger partial charge in [-0.25, -0.2) is 0 Å². The first-order valence-electron chi connectivity index (χ1n) is 6.92. The summed E-state index contributed by atoms with van der Waals surface area (Å²) in [4.78, 5) is 13.6. The van der Waals surface area contributed by atoms with Crippen LogP contribution in [-0.4, -0.2) is 43.0 Å². The van der Waals surface area contributed by atoms with E-state index >= 15 is 0 Å². The van der Waals surface area contributed by atoms with Gasteiger partial charge in [0.2, 0.25) is 5.91 Å². The van der Waals surface area contributed by atoms with Crippen LogP contribution in [0.1, 0.15) is 32.6 Å². The van der Waals surface area contributed by atoms with Gasteiger partial charge in [-0.15, -0.1) is 0 Å². The molecule has 1 saturated carbocycles. The molecule has 0 unspecified atom stereocenters. The zero-order chi connectivity index (χ0) is 12.3. The molecule has 98 valence electrons. The van der Waals surface area contributed by atoms with Gasteiger partial charge in [0.15, 0.2) is 0 Å². The van der Waals surface area contributed by atoms with Crippen LogP contribution in [0.25, 0.3) is 0 Å². The van der Waals surface area contributed by atoms with Crippen LogP contribution in [0.3, 0.4) is 0 Å². The second-order valence-electron chi connectivity index (χ2n) is 5.66. The number of amides is 1. The van der Waals surface area contributed by atoms with Crippen LogP contribution in [0.4, 0.5) is 0 Å². The van der Waals surface area contributed by atoms with Gasteiger partial charge >= 0.3 is 0 Å². The predicted octanol–water partition coefficient (Wildman–Crippen LogP) is 0.572. The van der Waals surface area contributed by atoms with Crippen LogP contribution in [-0.2, 0) is 4.79 Å². The van der Waals surface area contributed by atoms with Crippen LogP contribution < -0.4 is 11.1 Å². The molecule has 1 aliphatic carbocycles. The minimum Gasteiger partial charge on any atom is -0.341 e. The Balaban J connectivity index is 1.61. The number of hydrogen-bond acceptors (Lipinski definition) is 3. The highest BCUT2D eigenvalue weighted by Gasteiger charge is 2.25. The van der Waals surface area contributed by atoms with Gasteiger partial charge in [-0.1, -0.05) is 0 Å². The third kappa shape index (κ3) is 3.96. The average molecular weight is 239 g/mol. The number of nitrogens with zero attached hydrogens (tertiary/aromatic N) is 1. The first kappa shape index (κ1) is 12.8. The first-order valence-corrected chi connectivity index (χ1v) is 6.92. The molecular weight excluding hydrogens is 214 g/mol. The van der Waals surface area contributed by atoms with Gasteiger partial charge in [-0.3, -0.25) is 4.79 Å². The summed E-state index contributed by atoms with van der Waals surface area (Å²) in [6, 6.07) is -0.348. The molecule has 0 aromatic carbocycles. The lowest BCUT2D eigenvalue weighted by atomic mass is 9.96. The van der Waals surface area contributed by atoms with Gasteiger partial charge in [0, 0.05) is 13.1 Å². The predicted molar refractivity (Wildman–Crippen MR) is 68.5 cm³/mol. The molecule has 3 N–H and O–H groups in total. The van der Waals surface area contributed by atoms with Crippen molar-refractivity contribution < 1.29 is 4.79 Å². The minimum absolute atomic E-state index is 0.106. The highest BCUT2D eigenvalue weighted by Crippen LogP contribution is 2.27. The molecule has 0 aromatic heterocycles. The molecular formula is C13H25N3O. The van der Waals surface area contributed by atoms with Crippen LogP contribution >= 0.6 is 0 Å². The maximum Gasteiger partial charge on any atom is 0.239 e. The summed E-state index contributed by atoms with van der Waals surface area (Å²) in [5.41, 5.74) is 5.62. The van der Waals surface area contributed by atoms with Crippen molar-refractivity contribution in [3.8, 4) is 0 Å². The van der Waals surface area contributed by atoms with Crippen molar-refractivity contribution in [1.82, 2.24) is 10.2 Å². The van der Waals surface area contributed by atoms with Crippen LogP contribution in [0, 0.1) is 11.8 Å². The van der Waals surface area contributed by atoms with E-state index in [9.17, 15) is 4.79 Å². The molecule has 0 aromatic rings. The van der Waals surface area contributed by atoms with Gasteiger partial charge in [-0.05, 0) is 57.5 Å². The number of likely N-dealkylation sites (tertiary alicyclic amines) is 1. The summed E-state index contributed by atoms with van der Waals surface area (Å²) in [6.45, 7) is 5.85. The Labute approximate surface area is 104 Å². The Morgan fingerprint density at radius 1 is 1.24 bits per heavy atom. The Bertz CT molecular complexity index is 255. The number of rotatable bonds is 5. The maximum atomic E-state index is 11.7. The van der Waals surface area contributed by atoms with Crippen molar-refractivity contribution in [3.63, 3.8) is 0 Å². The number of nitrogens with two attached hydrogens (primary N) is 1. The van der Waals surface area contributed by atoms with Crippen LogP contribution in [0.15, 0.2) is 0 Å². The second kappa shape index (κ2) is 5.83. The zero-order valence-electron chi connectivity index (χ0n) is 10.8. The standard InChI is InChI=1S/C13H25N3O/c1-10(14)13(17)16-6-4-12(5-7-16)9-15-8-11-2-3-11/h10-12,15H,2-9,14H2,1H3/t10-/m0/s1. The zero-order valence-corrected chi connectivity index (χ0v) is 10.8. The Kier molecular flexibility index (Phi) is 4.40. The van der Waals surface area contributed by atoms with Crippen molar-refractivity contribution in [2.24, 2.45) is 17.6 Å². The number of piperidine rings is 1. The fraction of sp³-hybridized carbons (Fsp3) is 0.923. The molecule has 1 atom stereocenters. The molecule has 4 nitrogen and oxygen atoms in total. The van der Waals surface area contributed by atoms with Gasteiger partial charge in [0.1, 0.15) is 0 Å². The quantitative estimate of drug-likeness (QED) is 0.737. The second-order valence-corrected chi connectivity index (χ2v) is 5.66. The number of nitrogens with one attached hydrogen (secondary N) is 1. The van der Waals surface area contributed by atoms with Gasteiger partial charge in [0.05, 0.1) is 6.04 Å². The van der Waals surface area contributed by atoms with E-state index in [2.05, 4.69) is 5.32 Å². The normalized spacial score (nSPS) is 23.8. The Morgan fingerprint density at radius 2 is 1.76 bits per heavy atom. The van der Waals surface area contributed by atoms with E-state index in [1.807, 2.05) is 4.90 Å². The van der Waals surface area contributed by atoms with E-state index in [0.717, 1.165) is 44.3 Å². The third-order valence-electron chi connectivity index (χ3n) is 3.88. The molecule has 0 radical (unpaired) electrons. The van der Waals surface area contributed by atoms with Crippen LogP contribution in [0.5, 0.6) is 0 Å². The van der Waals surface area contributed by atoms with Gasteiger partial charge in [0.25, 0.3) is 0 Å². The summed E-state index contributed by atoms with van der Waals surface area (Å²) < 4.78 is 0. The van der Waals surface area contributed by atoms with Crippen molar-refractivity contribution in [1.29, 1.82) is 0 Å². The molecule has 2 fully saturated rings. The molecule has 1 saturated heterocycles. The van der Waals surface area contributed by atoms with E-state index in [1.54, 1.807) is 6.92 Å².